The molecule has 1 aromatic carbocycles. The van der Waals surface area contributed by atoms with Crippen LogP contribution >= 0.6 is 0 Å². The number of hydrogen-bond acceptors (Lipinski definition) is 4. The second-order valence-electron chi connectivity index (χ2n) is 5.11. The van der Waals surface area contributed by atoms with Crippen molar-refractivity contribution >= 4 is 11.7 Å². The maximum Gasteiger partial charge on any atom is 0.340 e. The largest absolute Gasteiger partial charge is 0.456 e. The van der Waals surface area contributed by atoms with Gasteiger partial charge in [0.15, 0.2) is 0 Å². The van der Waals surface area contributed by atoms with Crippen molar-refractivity contribution in [2.45, 2.75) is 26.4 Å². The zero-order chi connectivity index (χ0) is 14.5. The number of rotatable bonds is 5. The number of nitrogens with one attached hydrogen (secondary N) is 1. The normalized spacial score (nSPS) is 11.2. The molecule has 1 aromatic rings. The van der Waals surface area contributed by atoms with E-state index in [0.29, 0.717) is 24.4 Å². The molecular formula is C14H20FNO3. The SMILES string of the molecule is COCCNc1cc(F)ccc1C(=O)OC(C)(C)C. The van der Waals surface area contributed by atoms with Crippen molar-refractivity contribution in [2.24, 2.45) is 0 Å². The molecule has 0 amide bonds. The summed E-state index contributed by atoms with van der Waals surface area (Å²) < 4.78 is 23.4. The molecule has 1 rings (SSSR count). The van der Waals surface area contributed by atoms with E-state index in [1.54, 1.807) is 27.9 Å². The standard InChI is InChI=1S/C14H20FNO3/c1-14(2,3)19-13(17)11-6-5-10(15)9-12(11)16-7-8-18-4/h5-6,9,16H,7-8H2,1-4H3. The molecule has 0 saturated carbocycles. The number of carbonyl (C=O) groups excluding carboxylic acids is 1. The van der Waals surface area contributed by atoms with Crippen LogP contribution in [0.2, 0.25) is 0 Å². The van der Waals surface area contributed by atoms with Gasteiger partial charge in [-0.15, -0.1) is 0 Å². The van der Waals surface area contributed by atoms with Gasteiger partial charge in [-0.05, 0) is 39.0 Å². The van der Waals surface area contributed by atoms with Crippen LogP contribution < -0.4 is 5.32 Å². The minimum absolute atomic E-state index is 0.312. The van der Waals surface area contributed by atoms with E-state index in [1.165, 1.54) is 18.2 Å². The maximum atomic E-state index is 13.2. The van der Waals surface area contributed by atoms with Gasteiger partial charge < -0.3 is 14.8 Å². The van der Waals surface area contributed by atoms with Gasteiger partial charge in [0.2, 0.25) is 0 Å². The lowest BCUT2D eigenvalue weighted by Gasteiger charge is -2.20. The molecule has 0 aliphatic heterocycles. The molecule has 0 heterocycles. The summed E-state index contributed by atoms with van der Waals surface area (Å²) in [6.45, 7) is 6.30. The highest BCUT2D eigenvalue weighted by Gasteiger charge is 2.20. The van der Waals surface area contributed by atoms with E-state index < -0.39 is 17.4 Å². The van der Waals surface area contributed by atoms with Crippen LogP contribution in [0, 0.1) is 5.82 Å². The minimum Gasteiger partial charge on any atom is -0.456 e. The Kier molecular flexibility index (Phi) is 5.30. The predicted molar refractivity (Wildman–Crippen MR) is 71.9 cm³/mol. The Hall–Kier alpha value is -1.62. The summed E-state index contributed by atoms with van der Waals surface area (Å²) in [7, 11) is 1.57. The molecule has 4 nitrogen and oxygen atoms in total. The third-order valence-electron chi connectivity index (χ3n) is 2.22. The molecule has 0 radical (unpaired) electrons. The first-order valence-electron chi connectivity index (χ1n) is 6.09. The molecule has 1 N–H and O–H groups in total. The predicted octanol–water partition coefficient (Wildman–Crippen LogP) is 2.84. The summed E-state index contributed by atoms with van der Waals surface area (Å²) in [5, 5.41) is 2.96. The molecule has 0 spiro atoms. The molecule has 0 atom stereocenters. The topological polar surface area (TPSA) is 47.6 Å². The number of carbonyl (C=O) groups is 1. The minimum atomic E-state index is -0.588. The van der Waals surface area contributed by atoms with Crippen LogP contribution in [0.4, 0.5) is 10.1 Å². The Labute approximate surface area is 112 Å². The molecule has 0 unspecified atom stereocenters. The van der Waals surface area contributed by atoms with Crippen molar-refractivity contribution in [1.29, 1.82) is 0 Å². The number of methoxy groups -OCH3 is 1. The Morgan fingerprint density at radius 1 is 1.37 bits per heavy atom. The molecular weight excluding hydrogens is 249 g/mol. The number of anilines is 1. The fourth-order valence-corrected chi connectivity index (χ4v) is 1.46. The van der Waals surface area contributed by atoms with Crippen LogP contribution in [0.1, 0.15) is 31.1 Å². The van der Waals surface area contributed by atoms with Crippen LogP contribution in [-0.2, 0) is 9.47 Å². The number of halogens is 1. The molecule has 0 aliphatic carbocycles. The van der Waals surface area contributed by atoms with Crippen molar-refractivity contribution in [3.8, 4) is 0 Å². The highest BCUT2D eigenvalue weighted by Crippen LogP contribution is 2.20. The van der Waals surface area contributed by atoms with Gasteiger partial charge in [-0.25, -0.2) is 9.18 Å². The fourth-order valence-electron chi connectivity index (χ4n) is 1.46. The number of benzene rings is 1. The van der Waals surface area contributed by atoms with E-state index in [4.69, 9.17) is 9.47 Å². The lowest BCUT2D eigenvalue weighted by Crippen LogP contribution is -2.24. The van der Waals surface area contributed by atoms with Gasteiger partial charge in [-0.3, -0.25) is 0 Å². The van der Waals surface area contributed by atoms with Gasteiger partial charge >= 0.3 is 5.97 Å². The monoisotopic (exact) mass is 269 g/mol. The van der Waals surface area contributed by atoms with E-state index in [1.807, 2.05) is 0 Å². The molecule has 0 aromatic heterocycles. The quantitative estimate of drug-likeness (QED) is 0.659. The second-order valence-corrected chi connectivity index (χ2v) is 5.11. The number of hydrogen-bond donors (Lipinski definition) is 1. The van der Waals surface area contributed by atoms with Gasteiger partial charge in [-0.1, -0.05) is 0 Å². The van der Waals surface area contributed by atoms with Crippen molar-refractivity contribution in [3.63, 3.8) is 0 Å². The van der Waals surface area contributed by atoms with Gasteiger partial charge in [0.05, 0.1) is 17.9 Å². The zero-order valence-electron chi connectivity index (χ0n) is 11.7. The van der Waals surface area contributed by atoms with Gasteiger partial charge in [0.1, 0.15) is 11.4 Å². The summed E-state index contributed by atoms with van der Waals surface area (Å²) >= 11 is 0. The first-order chi connectivity index (χ1) is 8.83. The number of esters is 1. The molecule has 0 saturated heterocycles. The highest BCUT2D eigenvalue weighted by molar-refractivity contribution is 5.95. The van der Waals surface area contributed by atoms with E-state index in [9.17, 15) is 9.18 Å². The first-order valence-corrected chi connectivity index (χ1v) is 6.09. The smallest absolute Gasteiger partial charge is 0.340 e. The van der Waals surface area contributed by atoms with Gasteiger partial charge in [0.25, 0.3) is 0 Å². The summed E-state index contributed by atoms with van der Waals surface area (Å²) in [5.74, 6) is -0.889. The Balaban J connectivity index is 2.89. The average Bonchev–Trinajstić information content (AvgIpc) is 2.27. The van der Waals surface area contributed by atoms with E-state index >= 15 is 0 Å². The molecule has 0 fully saturated rings. The fraction of sp³-hybridized carbons (Fsp3) is 0.500. The van der Waals surface area contributed by atoms with Crippen LogP contribution in [-0.4, -0.2) is 31.8 Å². The lowest BCUT2D eigenvalue weighted by molar-refractivity contribution is 0.00706. The van der Waals surface area contributed by atoms with Crippen LogP contribution in [0.3, 0.4) is 0 Å². The van der Waals surface area contributed by atoms with Crippen molar-refractivity contribution in [2.75, 3.05) is 25.6 Å². The Bertz CT molecular complexity index is 441. The average molecular weight is 269 g/mol. The summed E-state index contributed by atoms with van der Waals surface area (Å²) in [5.41, 5.74) is 0.133. The van der Waals surface area contributed by atoms with Crippen molar-refractivity contribution in [3.05, 3.63) is 29.6 Å². The summed E-state index contributed by atoms with van der Waals surface area (Å²) in [6.07, 6.45) is 0. The number of ether oxygens (including phenoxy) is 2. The molecule has 19 heavy (non-hydrogen) atoms. The van der Waals surface area contributed by atoms with Crippen LogP contribution in [0.5, 0.6) is 0 Å². The van der Waals surface area contributed by atoms with E-state index in [0.717, 1.165) is 0 Å². The van der Waals surface area contributed by atoms with Crippen LogP contribution in [0.25, 0.3) is 0 Å². The lowest BCUT2D eigenvalue weighted by atomic mass is 10.1. The van der Waals surface area contributed by atoms with Gasteiger partial charge in [-0.2, -0.15) is 0 Å². The highest BCUT2D eigenvalue weighted by atomic mass is 19.1. The van der Waals surface area contributed by atoms with E-state index in [-0.39, 0.29) is 0 Å². The molecule has 5 heteroatoms. The Morgan fingerprint density at radius 2 is 2.05 bits per heavy atom. The van der Waals surface area contributed by atoms with Crippen LogP contribution in [0.15, 0.2) is 18.2 Å². The third kappa shape index (κ3) is 5.26. The molecule has 0 bridgehead atoms. The molecule has 0 aliphatic rings. The summed E-state index contributed by atoms with van der Waals surface area (Å²) in [4.78, 5) is 12.0. The summed E-state index contributed by atoms with van der Waals surface area (Å²) in [6, 6.07) is 3.92. The van der Waals surface area contributed by atoms with E-state index in [2.05, 4.69) is 5.32 Å². The first kappa shape index (κ1) is 15.4. The second kappa shape index (κ2) is 6.52. The van der Waals surface area contributed by atoms with Crippen molar-refractivity contribution in [1.82, 2.24) is 0 Å². The third-order valence-corrected chi connectivity index (χ3v) is 2.22. The maximum absolute atomic E-state index is 13.2. The molecule has 106 valence electrons. The Morgan fingerprint density at radius 3 is 2.63 bits per heavy atom. The zero-order valence-corrected chi connectivity index (χ0v) is 11.7. The van der Waals surface area contributed by atoms with Gasteiger partial charge in [0, 0.05) is 13.7 Å². The van der Waals surface area contributed by atoms with Crippen molar-refractivity contribution < 1.29 is 18.7 Å².